The van der Waals surface area contributed by atoms with Crippen molar-refractivity contribution in [3.05, 3.63) is 0 Å². The highest BCUT2D eigenvalue weighted by atomic mass is 16.6. The van der Waals surface area contributed by atoms with E-state index < -0.39 is 0 Å². The third-order valence-corrected chi connectivity index (χ3v) is 7.80. The van der Waals surface area contributed by atoms with Gasteiger partial charge >= 0.3 is 5.97 Å². The van der Waals surface area contributed by atoms with Gasteiger partial charge in [0, 0.05) is 23.4 Å². The van der Waals surface area contributed by atoms with E-state index in [1.54, 1.807) is 0 Å². The standard InChI is InChI=1S/C16H21NO3/c1-8-6-15-9-3-2-4-17(15)7-12-13(19-12)16(8,15)10-5-11(9)20-14(10)18/h8-13H,2-7H2,1H3/t8?,9?,10?,11-,12-,13-,15+,16+/m1/s1. The van der Waals surface area contributed by atoms with Crippen LogP contribution in [-0.2, 0) is 14.3 Å². The number of ether oxygens (including phenoxy) is 2. The van der Waals surface area contributed by atoms with Gasteiger partial charge in [-0.15, -0.1) is 0 Å². The van der Waals surface area contributed by atoms with Gasteiger partial charge in [0.2, 0.25) is 0 Å². The SMILES string of the molecule is CC1C[C@@]23C4CCCN2C[C@H]2O[C@H]2[C@@]13C1C[C@H]4OC1=O. The van der Waals surface area contributed by atoms with Crippen molar-refractivity contribution in [1.29, 1.82) is 0 Å². The van der Waals surface area contributed by atoms with Crippen molar-refractivity contribution < 1.29 is 14.3 Å². The van der Waals surface area contributed by atoms with Crippen molar-refractivity contribution in [1.82, 2.24) is 4.90 Å². The molecule has 0 N–H and O–H groups in total. The summed E-state index contributed by atoms with van der Waals surface area (Å²) in [6, 6.07) is 0. The molecule has 2 saturated carbocycles. The molecule has 6 fully saturated rings. The Morgan fingerprint density at radius 2 is 2.25 bits per heavy atom. The van der Waals surface area contributed by atoms with E-state index >= 15 is 0 Å². The fourth-order valence-electron chi connectivity index (χ4n) is 7.44. The van der Waals surface area contributed by atoms with Gasteiger partial charge in [-0.25, -0.2) is 0 Å². The second kappa shape index (κ2) is 2.95. The fraction of sp³-hybridized carbons (Fsp3) is 0.938. The van der Waals surface area contributed by atoms with E-state index in [4.69, 9.17) is 9.47 Å². The van der Waals surface area contributed by atoms with Crippen LogP contribution in [0.15, 0.2) is 0 Å². The number of hydrogen-bond donors (Lipinski definition) is 0. The molecule has 0 aromatic heterocycles. The predicted molar refractivity (Wildman–Crippen MR) is 69.9 cm³/mol. The molecule has 6 aliphatic rings. The lowest BCUT2D eigenvalue weighted by molar-refractivity contribution is -0.269. The zero-order valence-corrected chi connectivity index (χ0v) is 11.9. The van der Waals surface area contributed by atoms with Crippen LogP contribution < -0.4 is 0 Å². The maximum absolute atomic E-state index is 12.5. The minimum absolute atomic E-state index is 0.0884. The number of hydrogen-bond acceptors (Lipinski definition) is 4. The van der Waals surface area contributed by atoms with Crippen LogP contribution in [0.4, 0.5) is 0 Å². The first-order valence-corrected chi connectivity index (χ1v) is 8.30. The first-order valence-electron chi connectivity index (χ1n) is 8.30. The number of carbonyl (C=O) groups is 1. The first kappa shape index (κ1) is 11.0. The number of epoxide rings is 1. The molecule has 2 bridgehead atoms. The first-order chi connectivity index (χ1) is 9.69. The van der Waals surface area contributed by atoms with Gasteiger partial charge in [-0.05, 0) is 38.1 Å². The minimum Gasteiger partial charge on any atom is -0.462 e. The molecule has 6 rings (SSSR count). The minimum atomic E-state index is 0.0884. The van der Waals surface area contributed by atoms with Gasteiger partial charge in [-0.2, -0.15) is 0 Å². The summed E-state index contributed by atoms with van der Waals surface area (Å²) in [5, 5.41) is 0. The van der Waals surface area contributed by atoms with E-state index in [1.165, 1.54) is 25.8 Å². The third-order valence-electron chi connectivity index (χ3n) is 7.80. The summed E-state index contributed by atoms with van der Waals surface area (Å²) in [6.45, 7) is 4.65. The summed E-state index contributed by atoms with van der Waals surface area (Å²) < 4.78 is 11.9. The molecule has 0 aromatic rings. The summed E-state index contributed by atoms with van der Waals surface area (Å²) >= 11 is 0. The van der Waals surface area contributed by atoms with Crippen LogP contribution in [0, 0.1) is 23.2 Å². The van der Waals surface area contributed by atoms with Crippen LogP contribution in [0.5, 0.6) is 0 Å². The third kappa shape index (κ3) is 0.822. The molecule has 0 radical (unpaired) electrons. The molecule has 108 valence electrons. The highest BCUT2D eigenvalue weighted by Crippen LogP contribution is 2.78. The lowest BCUT2D eigenvalue weighted by Gasteiger charge is -2.75. The van der Waals surface area contributed by atoms with Crippen LogP contribution in [0.25, 0.3) is 0 Å². The molecule has 1 spiro atoms. The average Bonchev–Trinajstić information content (AvgIpc) is 3.08. The molecule has 2 aliphatic carbocycles. The number of rotatable bonds is 0. The Morgan fingerprint density at radius 1 is 1.35 bits per heavy atom. The van der Waals surface area contributed by atoms with Crippen LogP contribution >= 0.6 is 0 Å². The smallest absolute Gasteiger partial charge is 0.310 e. The van der Waals surface area contributed by atoms with Crippen molar-refractivity contribution in [3.8, 4) is 0 Å². The van der Waals surface area contributed by atoms with Crippen LogP contribution in [-0.4, -0.2) is 47.8 Å². The van der Waals surface area contributed by atoms with Gasteiger partial charge < -0.3 is 9.47 Å². The molecule has 4 heterocycles. The summed E-state index contributed by atoms with van der Waals surface area (Å²) in [4.78, 5) is 15.2. The fourth-order valence-corrected chi connectivity index (χ4v) is 7.44. The molecular formula is C16H21NO3. The number of esters is 1. The second-order valence-corrected chi connectivity index (χ2v) is 8.02. The van der Waals surface area contributed by atoms with Crippen molar-refractivity contribution in [2.24, 2.45) is 23.2 Å². The van der Waals surface area contributed by atoms with E-state index in [9.17, 15) is 4.79 Å². The number of nitrogens with zero attached hydrogens (tertiary/aromatic N) is 1. The van der Waals surface area contributed by atoms with E-state index in [0.29, 0.717) is 24.0 Å². The molecule has 0 amide bonds. The maximum Gasteiger partial charge on any atom is 0.310 e. The van der Waals surface area contributed by atoms with E-state index in [2.05, 4.69) is 11.8 Å². The molecule has 20 heavy (non-hydrogen) atoms. The average molecular weight is 275 g/mol. The topological polar surface area (TPSA) is 42.1 Å². The predicted octanol–water partition coefficient (Wildman–Crippen LogP) is 1.19. The Labute approximate surface area is 118 Å². The van der Waals surface area contributed by atoms with Crippen LogP contribution in [0.2, 0.25) is 0 Å². The molecule has 4 heteroatoms. The van der Waals surface area contributed by atoms with Crippen LogP contribution in [0.1, 0.15) is 32.6 Å². The maximum atomic E-state index is 12.5. The van der Waals surface area contributed by atoms with E-state index in [0.717, 1.165) is 13.0 Å². The van der Waals surface area contributed by atoms with Crippen molar-refractivity contribution in [3.63, 3.8) is 0 Å². The zero-order valence-electron chi connectivity index (χ0n) is 11.9. The Kier molecular flexibility index (Phi) is 1.63. The molecule has 3 unspecified atom stereocenters. The van der Waals surface area contributed by atoms with Gasteiger partial charge in [0.1, 0.15) is 6.10 Å². The number of piperidine rings is 2. The lowest BCUT2D eigenvalue weighted by atomic mass is 9.34. The lowest BCUT2D eigenvalue weighted by Crippen LogP contribution is -2.84. The summed E-state index contributed by atoms with van der Waals surface area (Å²) in [7, 11) is 0. The highest BCUT2D eigenvalue weighted by molar-refractivity contribution is 5.78. The van der Waals surface area contributed by atoms with Gasteiger partial charge in [0.15, 0.2) is 0 Å². The van der Waals surface area contributed by atoms with Gasteiger partial charge in [-0.3, -0.25) is 9.69 Å². The molecule has 0 aromatic carbocycles. The second-order valence-electron chi connectivity index (χ2n) is 8.02. The van der Waals surface area contributed by atoms with Gasteiger partial charge in [0.05, 0.1) is 18.1 Å². The monoisotopic (exact) mass is 275 g/mol. The Hall–Kier alpha value is -0.610. The van der Waals surface area contributed by atoms with E-state index in [-0.39, 0.29) is 28.9 Å². The summed E-state index contributed by atoms with van der Waals surface area (Å²) in [5.74, 6) is 1.38. The largest absolute Gasteiger partial charge is 0.462 e. The van der Waals surface area contributed by atoms with Gasteiger partial charge in [-0.1, -0.05) is 6.92 Å². The van der Waals surface area contributed by atoms with Crippen molar-refractivity contribution in [2.75, 3.05) is 13.1 Å². The number of fused-ring (bicyclic) bond motifs is 4. The molecule has 4 saturated heterocycles. The Balaban J connectivity index is 1.63. The Morgan fingerprint density at radius 3 is 3.10 bits per heavy atom. The van der Waals surface area contributed by atoms with Crippen molar-refractivity contribution >= 4 is 5.97 Å². The summed E-state index contributed by atoms with van der Waals surface area (Å²) in [5.41, 5.74) is 0.327. The molecular weight excluding hydrogens is 254 g/mol. The van der Waals surface area contributed by atoms with Crippen molar-refractivity contribution in [2.45, 2.75) is 56.5 Å². The van der Waals surface area contributed by atoms with Gasteiger partial charge in [0.25, 0.3) is 0 Å². The molecule has 8 atom stereocenters. The quantitative estimate of drug-likeness (QED) is 0.492. The Bertz CT molecular complexity index is 536. The van der Waals surface area contributed by atoms with E-state index in [1.807, 2.05) is 0 Å². The molecule has 4 aliphatic heterocycles. The highest BCUT2D eigenvalue weighted by Gasteiger charge is 2.86. The van der Waals surface area contributed by atoms with Crippen LogP contribution in [0.3, 0.4) is 0 Å². The summed E-state index contributed by atoms with van der Waals surface area (Å²) in [6.07, 6.45) is 5.67. The zero-order chi connectivity index (χ0) is 13.3. The number of carbonyl (C=O) groups excluding carboxylic acids is 1. The molecule has 4 nitrogen and oxygen atoms in total. The normalized spacial score (nSPS) is 65.5.